The fourth-order valence-electron chi connectivity index (χ4n) is 7.50. The summed E-state index contributed by atoms with van der Waals surface area (Å²) in [5.74, 6) is -6.45. The third kappa shape index (κ3) is 4.25. The van der Waals surface area contributed by atoms with Crippen molar-refractivity contribution in [1.29, 1.82) is 0 Å². The van der Waals surface area contributed by atoms with Crippen LogP contribution in [0.4, 0.5) is 10.1 Å². The monoisotopic (exact) mass is 810 g/mol. The Bertz CT molecular complexity index is 1870. The van der Waals surface area contributed by atoms with E-state index in [1.54, 1.807) is 0 Å². The lowest BCUT2D eigenvalue weighted by Crippen LogP contribution is -2.60. The molecule has 3 fully saturated rings. The fraction of sp³-hybridized carbons (Fsp3) is 0.312. The molecule has 2 aliphatic heterocycles. The van der Waals surface area contributed by atoms with E-state index in [2.05, 4.69) is 31.9 Å². The molecule has 0 unspecified atom stereocenters. The van der Waals surface area contributed by atoms with Crippen molar-refractivity contribution in [2.24, 2.45) is 17.8 Å². The number of imide groups is 2. The molecule has 1 saturated carbocycles. The fourth-order valence-corrected chi connectivity index (χ4v) is 10.1. The van der Waals surface area contributed by atoms with Crippen LogP contribution >= 0.6 is 66.4 Å². The first-order valence-electron chi connectivity index (χ1n) is 14.2. The highest BCUT2D eigenvalue weighted by Crippen LogP contribution is 2.67. The molecule has 0 spiro atoms. The summed E-state index contributed by atoms with van der Waals surface area (Å²) in [6.45, 7) is 0.128. The zero-order chi connectivity index (χ0) is 32.9. The van der Waals surface area contributed by atoms with Crippen LogP contribution in [0.5, 0.6) is 11.5 Å². The number of ether oxygens (including phenoxy) is 1. The lowest BCUT2D eigenvalue weighted by atomic mass is 9.56. The normalized spacial score (nSPS) is 30.3. The van der Waals surface area contributed by atoms with Crippen LogP contribution in [0.15, 0.2) is 68.4 Å². The van der Waals surface area contributed by atoms with Gasteiger partial charge in [-0.25, -0.2) is 9.29 Å². The Balaban J connectivity index is 1.43. The first-order chi connectivity index (χ1) is 21.8. The molecule has 6 atom stereocenters. The first-order valence-corrected chi connectivity index (χ1v) is 17.4. The molecule has 2 aliphatic carbocycles. The average Bonchev–Trinajstić information content (AvgIpc) is 3.68. The zero-order valence-corrected chi connectivity index (χ0v) is 29.3. The van der Waals surface area contributed by atoms with Gasteiger partial charge < -0.3 is 9.84 Å². The third-order valence-electron chi connectivity index (χ3n) is 9.59. The van der Waals surface area contributed by atoms with E-state index in [1.165, 1.54) is 41.5 Å². The van der Waals surface area contributed by atoms with Gasteiger partial charge in [0.2, 0.25) is 11.8 Å². The Kier molecular flexibility index (Phi) is 7.71. The molecule has 14 heteroatoms. The topological polar surface area (TPSA) is 104 Å². The number of carbonyl (C=O) groups excluding carboxylic acids is 4. The minimum absolute atomic E-state index is 0.0586. The van der Waals surface area contributed by atoms with Gasteiger partial charge in [-0.1, -0.05) is 17.7 Å². The maximum atomic E-state index is 14.5. The van der Waals surface area contributed by atoms with E-state index in [0.29, 0.717) is 15.6 Å². The number of nitrogens with zero attached hydrogens (tertiary/aromatic N) is 2. The quantitative estimate of drug-likeness (QED) is 0.171. The van der Waals surface area contributed by atoms with Gasteiger partial charge in [-0.05, 0) is 98.0 Å². The number of aromatic hydroxyl groups is 1. The highest BCUT2D eigenvalue weighted by atomic mass is 79.9. The molecule has 46 heavy (non-hydrogen) atoms. The second-order valence-electron chi connectivity index (χ2n) is 11.7. The van der Waals surface area contributed by atoms with Crippen LogP contribution < -0.4 is 9.64 Å². The number of halogens is 5. The summed E-state index contributed by atoms with van der Waals surface area (Å²) in [5.41, 5.74) is 1.02. The molecule has 3 aromatic rings. The van der Waals surface area contributed by atoms with E-state index in [-0.39, 0.29) is 52.9 Å². The zero-order valence-electron chi connectivity index (χ0n) is 23.8. The molecule has 2 saturated heterocycles. The number of alkyl halides is 2. The van der Waals surface area contributed by atoms with Crippen molar-refractivity contribution in [1.82, 2.24) is 4.90 Å². The molecule has 3 heterocycles. The number of carbonyl (C=O) groups is 4. The van der Waals surface area contributed by atoms with Gasteiger partial charge in [0, 0.05) is 15.3 Å². The maximum absolute atomic E-state index is 14.5. The first kappa shape index (κ1) is 31.8. The molecule has 1 N–H and O–H groups in total. The number of benzene rings is 2. The number of rotatable bonds is 5. The molecule has 1 aromatic heterocycles. The number of allylic oxidation sites excluding steroid dienone is 2. The summed E-state index contributed by atoms with van der Waals surface area (Å²) in [7, 11) is 1.36. The number of likely N-dealkylation sites (tertiary alicyclic amines) is 1. The third-order valence-corrected chi connectivity index (χ3v) is 14.0. The number of thiophene rings is 1. The number of methoxy groups -OCH3 is 1. The minimum Gasteiger partial charge on any atom is -0.503 e. The largest absolute Gasteiger partial charge is 0.503 e. The van der Waals surface area contributed by atoms with Crippen LogP contribution in [0.1, 0.15) is 29.2 Å². The van der Waals surface area contributed by atoms with Gasteiger partial charge in [0.15, 0.2) is 21.2 Å². The van der Waals surface area contributed by atoms with Gasteiger partial charge in [-0.2, -0.15) is 0 Å². The predicted molar refractivity (Wildman–Crippen MR) is 177 cm³/mol. The predicted octanol–water partition coefficient (Wildman–Crippen LogP) is 6.89. The SMILES string of the molecule is COc1cc([C@H]2C3=CC[C@@H]4C(=O)N(Cc5cccs5)C(=O)[C@@H]4[C@@H]3C[C@@]3(Cl)C(=O)N(c4ccc(F)cc4)C(=O)[C@@]23Cl)c(Br)c(Br)c1O. The number of hydrogen-bond donors (Lipinski definition) is 1. The number of phenolic OH excluding ortho intramolecular Hbond substituents is 1. The summed E-state index contributed by atoms with van der Waals surface area (Å²) in [5, 5.41) is 12.6. The molecule has 4 aliphatic rings. The number of amides is 4. The number of hydrogen-bond acceptors (Lipinski definition) is 7. The van der Waals surface area contributed by atoms with Gasteiger partial charge in [0.1, 0.15) is 5.82 Å². The van der Waals surface area contributed by atoms with Crippen molar-refractivity contribution in [3.63, 3.8) is 0 Å². The second-order valence-corrected chi connectivity index (χ2v) is 15.6. The molecule has 4 amide bonds. The van der Waals surface area contributed by atoms with Gasteiger partial charge in [0.25, 0.3) is 11.8 Å². The van der Waals surface area contributed by atoms with Crippen LogP contribution in [0, 0.1) is 23.6 Å². The van der Waals surface area contributed by atoms with Crippen LogP contribution in [0.2, 0.25) is 0 Å². The van der Waals surface area contributed by atoms with Gasteiger partial charge in [-0.15, -0.1) is 34.5 Å². The Morgan fingerprint density at radius 3 is 2.41 bits per heavy atom. The molecule has 2 aromatic carbocycles. The maximum Gasteiger partial charge on any atom is 0.258 e. The van der Waals surface area contributed by atoms with E-state index in [1.807, 2.05) is 23.6 Å². The molecular weight excluding hydrogens is 790 g/mol. The highest BCUT2D eigenvalue weighted by Gasteiger charge is 2.76. The minimum atomic E-state index is -2.14. The van der Waals surface area contributed by atoms with Crippen LogP contribution in [0.3, 0.4) is 0 Å². The molecule has 0 radical (unpaired) electrons. The molecular formula is C32H23Br2Cl2FN2O6S. The van der Waals surface area contributed by atoms with Gasteiger partial charge in [-0.3, -0.25) is 24.1 Å². The lowest BCUT2D eigenvalue weighted by Gasteiger charge is -2.51. The molecule has 0 bridgehead atoms. The Morgan fingerprint density at radius 2 is 1.76 bits per heavy atom. The van der Waals surface area contributed by atoms with Crippen molar-refractivity contribution >= 4 is 95.7 Å². The van der Waals surface area contributed by atoms with Crippen molar-refractivity contribution in [3.05, 3.63) is 84.7 Å². The second kappa shape index (κ2) is 11.2. The smallest absolute Gasteiger partial charge is 0.258 e. The Morgan fingerprint density at radius 1 is 1.04 bits per heavy atom. The van der Waals surface area contributed by atoms with Gasteiger partial charge >= 0.3 is 0 Å². The standard InChI is InChI=1S/C32H23Br2Cl2FN2O6S/c1-45-21-11-19(24(33)25(34)26(21)40)23-17-8-9-18-22(28(42)38(27(18)41)13-16-3-2-10-46-16)20(17)12-31(35)29(43)39(30(44)32(23,31)36)15-6-4-14(37)5-7-15/h2-8,10-11,18,20,22-23,40H,9,12-13H2,1H3/t18-,20+,22-,23+,31+,32-/m0/s1. The lowest BCUT2D eigenvalue weighted by molar-refractivity contribution is -0.141. The molecule has 8 nitrogen and oxygen atoms in total. The van der Waals surface area contributed by atoms with Crippen molar-refractivity contribution in [2.45, 2.75) is 35.1 Å². The number of anilines is 1. The van der Waals surface area contributed by atoms with Crippen molar-refractivity contribution < 1.29 is 33.4 Å². The van der Waals surface area contributed by atoms with E-state index in [4.69, 9.17) is 27.9 Å². The van der Waals surface area contributed by atoms with Gasteiger partial charge in [0.05, 0.1) is 35.7 Å². The van der Waals surface area contributed by atoms with Crippen molar-refractivity contribution in [2.75, 3.05) is 12.0 Å². The Labute approximate surface area is 293 Å². The summed E-state index contributed by atoms with van der Waals surface area (Å²) in [4.78, 5) is 55.5. The molecule has 7 rings (SSSR count). The van der Waals surface area contributed by atoms with E-state index in [9.17, 15) is 28.7 Å². The number of fused-ring (bicyclic) bond motifs is 4. The number of phenols is 1. The average molecular weight is 813 g/mol. The van der Waals surface area contributed by atoms with Crippen molar-refractivity contribution in [3.8, 4) is 11.5 Å². The van der Waals surface area contributed by atoms with Crippen LogP contribution in [-0.2, 0) is 25.7 Å². The molecule has 238 valence electrons. The van der Waals surface area contributed by atoms with Crippen LogP contribution in [0.25, 0.3) is 0 Å². The van der Waals surface area contributed by atoms with E-state index in [0.717, 1.165) is 21.9 Å². The van der Waals surface area contributed by atoms with E-state index < -0.39 is 51.1 Å². The Hall–Kier alpha value is -2.77. The van der Waals surface area contributed by atoms with Crippen LogP contribution in [-0.4, -0.2) is 50.5 Å². The van der Waals surface area contributed by atoms with E-state index >= 15 is 0 Å². The summed E-state index contributed by atoms with van der Waals surface area (Å²) in [6.07, 6.45) is 1.83. The highest BCUT2D eigenvalue weighted by molar-refractivity contribution is 9.13. The summed E-state index contributed by atoms with van der Waals surface area (Å²) >= 11 is 23.2. The summed E-state index contributed by atoms with van der Waals surface area (Å²) < 4.78 is 19.8. The summed E-state index contributed by atoms with van der Waals surface area (Å²) in [6, 6.07) is 10.0.